The van der Waals surface area contributed by atoms with Gasteiger partial charge >= 0.3 is 5.97 Å². The topological polar surface area (TPSA) is 111 Å². The maximum Gasteiger partial charge on any atom is 0.338 e. The van der Waals surface area contributed by atoms with Gasteiger partial charge in [-0.1, -0.05) is 13.3 Å². The number of methoxy groups -OCH3 is 1. The van der Waals surface area contributed by atoms with Crippen LogP contribution < -0.4 is 14.8 Å². The van der Waals surface area contributed by atoms with Crippen LogP contribution in [0.4, 0.5) is 0 Å². The van der Waals surface area contributed by atoms with E-state index in [0.717, 1.165) is 25.7 Å². The number of rotatable bonds is 10. The molecular weight excluding hydrogens is 372 g/mol. The Kier molecular flexibility index (Phi) is 7.20. The van der Waals surface area contributed by atoms with Crippen LogP contribution in [0.5, 0.6) is 5.75 Å². The van der Waals surface area contributed by atoms with E-state index in [0.29, 0.717) is 0 Å². The summed E-state index contributed by atoms with van der Waals surface area (Å²) in [4.78, 5) is 23.9. The quantitative estimate of drug-likeness (QED) is 0.579. The molecule has 1 aliphatic rings. The number of amides is 1. The monoisotopic (exact) mass is 398 g/mol. The van der Waals surface area contributed by atoms with Gasteiger partial charge in [-0.05, 0) is 44.4 Å². The summed E-state index contributed by atoms with van der Waals surface area (Å²) >= 11 is 0. The predicted molar refractivity (Wildman–Crippen MR) is 99.1 cm³/mol. The van der Waals surface area contributed by atoms with E-state index in [9.17, 15) is 18.0 Å². The lowest BCUT2D eigenvalue weighted by Gasteiger charge is -2.14. The summed E-state index contributed by atoms with van der Waals surface area (Å²) in [6.45, 7) is 3.45. The number of nitrogens with one attached hydrogen (secondary N) is 2. The highest BCUT2D eigenvalue weighted by atomic mass is 32.2. The first-order chi connectivity index (χ1) is 12.8. The second kappa shape index (κ2) is 9.18. The minimum Gasteiger partial charge on any atom is -0.495 e. The smallest absolute Gasteiger partial charge is 0.338 e. The Morgan fingerprint density at radius 3 is 2.59 bits per heavy atom. The second-order valence-corrected chi connectivity index (χ2v) is 8.28. The van der Waals surface area contributed by atoms with E-state index in [1.807, 2.05) is 13.8 Å². The highest BCUT2D eigenvalue weighted by molar-refractivity contribution is 7.89. The SMILES string of the molecule is CCCC(C)NC(=O)COC(=O)c1ccc(OC)c(S(=O)(=O)NC2CC2)c1. The molecule has 0 bridgehead atoms. The molecule has 2 rings (SSSR count). The van der Waals surface area contributed by atoms with Gasteiger partial charge in [0.15, 0.2) is 6.61 Å². The first-order valence-electron chi connectivity index (χ1n) is 8.93. The van der Waals surface area contributed by atoms with Crippen molar-refractivity contribution < 1.29 is 27.5 Å². The average Bonchev–Trinajstić information content (AvgIpc) is 3.42. The van der Waals surface area contributed by atoms with Gasteiger partial charge in [-0.3, -0.25) is 4.79 Å². The normalized spacial score (nSPS) is 15.1. The maximum atomic E-state index is 12.5. The zero-order valence-corrected chi connectivity index (χ0v) is 16.6. The van der Waals surface area contributed by atoms with Gasteiger partial charge in [0.1, 0.15) is 10.6 Å². The molecule has 1 fully saturated rings. The molecule has 8 nitrogen and oxygen atoms in total. The van der Waals surface area contributed by atoms with Crippen molar-refractivity contribution >= 4 is 21.9 Å². The molecule has 1 aromatic carbocycles. The molecule has 9 heteroatoms. The lowest BCUT2D eigenvalue weighted by molar-refractivity contribution is -0.124. The Morgan fingerprint density at radius 1 is 1.30 bits per heavy atom. The van der Waals surface area contributed by atoms with Crippen LogP contribution in [0.2, 0.25) is 0 Å². The van der Waals surface area contributed by atoms with Crippen molar-refractivity contribution in [1.29, 1.82) is 0 Å². The highest BCUT2D eigenvalue weighted by Gasteiger charge is 2.30. The fourth-order valence-electron chi connectivity index (χ4n) is 2.53. The number of ether oxygens (including phenoxy) is 2. The Morgan fingerprint density at radius 2 is 2.00 bits per heavy atom. The molecule has 0 aliphatic heterocycles. The first-order valence-corrected chi connectivity index (χ1v) is 10.4. The van der Waals surface area contributed by atoms with Gasteiger partial charge in [0.25, 0.3) is 5.91 Å². The fraction of sp³-hybridized carbons (Fsp3) is 0.556. The lowest BCUT2D eigenvalue weighted by atomic mass is 10.2. The molecule has 1 saturated carbocycles. The van der Waals surface area contributed by atoms with Crippen molar-refractivity contribution in [3.8, 4) is 5.75 Å². The van der Waals surface area contributed by atoms with Crippen molar-refractivity contribution in [3.05, 3.63) is 23.8 Å². The number of hydrogen-bond acceptors (Lipinski definition) is 6. The number of carbonyl (C=O) groups is 2. The third-order valence-electron chi connectivity index (χ3n) is 4.05. The summed E-state index contributed by atoms with van der Waals surface area (Å²) in [6.07, 6.45) is 3.33. The van der Waals surface area contributed by atoms with Crippen LogP contribution in [0.15, 0.2) is 23.1 Å². The zero-order chi connectivity index (χ0) is 20.0. The van der Waals surface area contributed by atoms with E-state index >= 15 is 0 Å². The Balaban J connectivity index is 2.06. The molecule has 27 heavy (non-hydrogen) atoms. The van der Waals surface area contributed by atoms with Crippen molar-refractivity contribution in [3.63, 3.8) is 0 Å². The van der Waals surface area contributed by atoms with Gasteiger partial charge in [0, 0.05) is 12.1 Å². The van der Waals surface area contributed by atoms with Crippen LogP contribution in [0.1, 0.15) is 49.9 Å². The molecule has 0 saturated heterocycles. The van der Waals surface area contributed by atoms with Crippen molar-refractivity contribution in [1.82, 2.24) is 10.0 Å². The summed E-state index contributed by atoms with van der Waals surface area (Å²) in [5.74, 6) is -1.05. The van der Waals surface area contributed by atoms with Gasteiger partial charge in [-0.15, -0.1) is 0 Å². The van der Waals surface area contributed by atoms with Gasteiger partial charge in [0.05, 0.1) is 12.7 Å². The van der Waals surface area contributed by atoms with Gasteiger partial charge < -0.3 is 14.8 Å². The Bertz CT molecular complexity index is 789. The van der Waals surface area contributed by atoms with Crippen LogP contribution in [-0.2, 0) is 19.6 Å². The molecular formula is C18H26N2O6S. The molecule has 1 atom stereocenters. The predicted octanol–water partition coefficient (Wildman–Crippen LogP) is 1.60. The Labute approximate surface area is 159 Å². The molecule has 1 amide bonds. The van der Waals surface area contributed by atoms with E-state index in [-0.39, 0.29) is 28.3 Å². The lowest BCUT2D eigenvalue weighted by Crippen LogP contribution is -2.35. The second-order valence-electron chi connectivity index (χ2n) is 6.59. The molecule has 1 aliphatic carbocycles. The zero-order valence-electron chi connectivity index (χ0n) is 15.8. The van der Waals surface area contributed by atoms with Crippen LogP contribution in [0.3, 0.4) is 0 Å². The molecule has 150 valence electrons. The minimum absolute atomic E-state index is 0.00701. The molecule has 0 radical (unpaired) electrons. The fourth-order valence-corrected chi connectivity index (χ4v) is 4.03. The van der Waals surface area contributed by atoms with E-state index in [4.69, 9.17) is 9.47 Å². The number of carbonyl (C=O) groups excluding carboxylic acids is 2. The van der Waals surface area contributed by atoms with Crippen molar-refractivity contribution in [2.45, 2.75) is 56.5 Å². The molecule has 0 aromatic heterocycles. The van der Waals surface area contributed by atoms with Gasteiger partial charge in [0.2, 0.25) is 10.0 Å². The largest absolute Gasteiger partial charge is 0.495 e. The maximum absolute atomic E-state index is 12.5. The van der Waals surface area contributed by atoms with E-state index in [2.05, 4.69) is 10.0 Å². The molecule has 0 spiro atoms. The minimum atomic E-state index is -3.81. The number of sulfonamides is 1. The van der Waals surface area contributed by atoms with Gasteiger partial charge in [-0.2, -0.15) is 0 Å². The summed E-state index contributed by atoms with van der Waals surface area (Å²) in [6, 6.07) is 3.90. The highest BCUT2D eigenvalue weighted by Crippen LogP contribution is 2.28. The summed E-state index contributed by atoms with van der Waals surface area (Å²) in [5, 5.41) is 2.73. The third kappa shape index (κ3) is 6.21. The summed E-state index contributed by atoms with van der Waals surface area (Å²) in [5.41, 5.74) is 0.0291. The standard InChI is InChI=1S/C18H26N2O6S/c1-4-5-12(2)19-17(21)11-26-18(22)13-6-9-15(25-3)16(10-13)27(23,24)20-14-7-8-14/h6,9-10,12,14,20H,4-5,7-8,11H2,1-3H3,(H,19,21). The van der Waals surface area contributed by atoms with Crippen molar-refractivity contribution in [2.24, 2.45) is 0 Å². The van der Waals surface area contributed by atoms with Crippen LogP contribution >= 0.6 is 0 Å². The average molecular weight is 398 g/mol. The molecule has 2 N–H and O–H groups in total. The summed E-state index contributed by atoms with van der Waals surface area (Å²) < 4.78 is 37.6. The van der Waals surface area contributed by atoms with Crippen LogP contribution in [0.25, 0.3) is 0 Å². The van der Waals surface area contributed by atoms with E-state index in [1.54, 1.807) is 0 Å². The third-order valence-corrected chi connectivity index (χ3v) is 5.59. The first kappa shape index (κ1) is 21.2. The van der Waals surface area contributed by atoms with E-state index < -0.39 is 28.5 Å². The van der Waals surface area contributed by atoms with Crippen LogP contribution in [0, 0.1) is 0 Å². The summed E-state index contributed by atoms with van der Waals surface area (Å²) in [7, 11) is -2.46. The Hall–Kier alpha value is -2.13. The molecule has 1 unspecified atom stereocenters. The van der Waals surface area contributed by atoms with Crippen LogP contribution in [-0.4, -0.2) is 46.1 Å². The van der Waals surface area contributed by atoms with Crippen molar-refractivity contribution in [2.75, 3.05) is 13.7 Å². The van der Waals surface area contributed by atoms with E-state index in [1.165, 1.54) is 25.3 Å². The number of hydrogen-bond donors (Lipinski definition) is 2. The number of benzene rings is 1. The number of esters is 1. The molecule has 1 aromatic rings. The molecule has 0 heterocycles. The van der Waals surface area contributed by atoms with Gasteiger partial charge in [-0.25, -0.2) is 17.9 Å².